The van der Waals surface area contributed by atoms with Gasteiger partial charge in [-0.1, -0.05) is 25.6 Å². The van der Waals surface area contributed by atoms with E-state index in [0.29, 0.717) is 16.8 Å². The zero-order valence-corrected chi connectivity index (χ0v) is 18.8. The fourth-order valence-corrected chi connectivity index (χ4v) is 2.93. The number of esters is 1. The molecule has 2 atom stereocenters. The first-order chi connectivity index (χ1) is 13.4. The third kappa shape index (κ3) is 11.2. The summed E-state index contributed by atoms with van der Waals surface area (Å²) in [6, 6.07) is 7.45. The molecule has 0 spiro atoms. The summed E-state index contributed by atoms with van der Waals surface area (Å²) < 4.78 is 33.8. The van der Waals surface area contributed by atoms with E-state index in [1.54, 1.807) is 12.1 Å². The van der Waals surface area contributed by atoms with Crippen LogP contribution >= 0.6 is 7.82 Å². The summed E-state index contributed by atoms with van der Waals surface area (Å²) in [7, 11) is 1.45. The van der Waals surface area contributed by atoms with Gasteiger partial charge in [-0.15, -0.1) is 0 Å². The molecule has 1 N–H and O–H groups in total. The van der Waals surface area contributed by atoms with Gasteiger partial charge in [0.15, 0.2) is 0 Å². The summed E-state index contributed by atoms with van der Waals surface area (Å²) >= 11 is 0. The fourth-order valence-electron chi connectivity index (χ4n) is 2.06. The molecule has 8 nitrogen and oxygen atoms in total. The highest BCUT2D eigenvalue weighted by Crippen LogP contribution is 2.44. The van der Waals surface area contributed by atoms with Gasteiger partial charge in [-0.2, -0.15) is 0 Å². The lowest BCUT2D eigenvalue weighted by atomic mass is 10.2. The van der Waals surface area contributed by atoms with Crippen molar-refractivity contribution in [3.8, 4) is 5.75 Å². The fraction of sp³-hybridized carbons (Fsp3) is 0.550. The minimum absolute atomic E-state index is 0.0366. The monoisotopic (exact) mass is 430 g/mol. The van der Waals surface area contributed by atoms with Crippen molar-refractivity contribution in [2.24, 2.45) is 0 Å². The second-order valence-corrected chi connectivity index (χ2v) is 9.14. The second kappa shape index (κ2) is 11.5. The Kier molecular flexibility index (Phi) is 10.0. The first kappa shape index (κ1) is 25.3. The van der Waals surface area contributed by atoms with E-state index in [0.717, 1.165) is 12.0 Å². The van der Waals surface area contributed by atoms with E-state index in [1.807, 2.05) is 40.2 Å². The molecular formula is C20H33NO7P+. The van der Waals surface area contributed by atoms with E-state index in [-0.39, 0.29) is 25.4 Å². The Hall–Kier alpha value is -1.70. The molecule has 0 saturated carbocycles. The number of nitrogens with zero attached hydrogens (tertiary/aromatic N) is 1. The van der Waals surface area contributed by atoms with Crippen molar-refractivity contribution < 1.29 is 37.3 Å². The van der Waals surface area contributed by atoms with Crippen LogP contribution in [0.2, 0.25) is 0 Å². The number of carbonyl (C=O) groups is 1. The Morgan fingerprint density at radius 3 is 2.34 bits per heavy atom. The van der Waals surface area contributed by atoms with Gasteiger partial charge < -0.3 is 18.9 Å². The van der Waals surface area contributed by atoms with Gasteiger partial charge in [0, 0.05) is 5.57 Å². The molecule has 0 aliphatic rings. The molecule has 0 fully saturated rings. The predicted molar refractivity (Wildman–Crippen MR) is 111 cm³/mol. The van der Waals surface area contributed by atoms with Crippen molar-refractivity contribution in [2.75, 3.05) is 47.5 Å². The van der Waals surface area contributed by atoms with Gasteiger partial charge in [-0.3, -0.25) is 9.05 Å². The van der Waals surface area contributed by atoms with E-state index in [9.17, 15) is 14.3 Å². The van der Waals surface area contributed by atoms with Gasteiger partial charge in [0.05, 0.1) is 21.1 Å². The van der Waals surface area contributed by atoms with E-state index in [1.165, 1.54) is 6.92 Å². The number of phosphoric ester groups is 1. The molecule has 1 aromatic rings. The first-order valence-corrected chi connectivity index (χ1v) is 10.9. The molecule has 9 heteroatoms. The van der Waals surface area contributed by atoms with Crippen LogP contribution in [0.4, 0.5) is 0 Å². The smallest absolute Gasteiger partial charge is 0.472 e. The lowest BCUT2D eigenvalue weighted by Gasteiger charge is -2.25. The second-order valence-electron chi connectivity index (χ2n) is 7.73. The number of hydrogen-bond donors (Lipinski definition) is 1. The SMILES string of the molecule is C=C(C)C(=O)OCC(COc1ccc(CC)cc1)OP(=O)(O)OCC[N+](C)(C)C. The molecule has 29 heavy (non-hydrogen) atoms. The van der Waals surface area contributed by atoms with E-state index in [4.69, 9.17) is 18.5 Å². The summed E-state index contributed by atoms with van der Waals surface area (Å²) in [4.78, 5) is 21.7. The predicted octanol–water partition coefficient (Wildman–Crippen LogP) is 2.96. The normalized spacial score (nSPS) is 14.7. The Morgan fingerprint density at radius 2 is 1.83 bits per heavy atom. The van der Waals surface area contributed by atoms with Crippen LogP contribution in [0.25, 0.3) is 0 Å². The molecule has 0 saturated heterocycles. The summed E-state index contributed by atoms with van der Waals surface area (Å²) in [5, 5.41) is 0. The summed E-state index contributed by atoms with van der Waals surface area (Å²) in [5.41, 5.74) is 1.37. The van der Waals surface area contributed by atoms with Crippen LogP contribution in [0.15, 0.2) is 36.4 Å². The molecule has 0 radical (unpaired) electrons. The standard InChI is InChI=1S/C20H32NO7P/c1-7-17-8-10-18(11-9-17)25-14-19(15-26-20(22)16(2)3)28-29(23,24)27-13-12-21(4,5)6/h8-11,19H,2,7,12-15H2,1,3-6H3/p+1. The molecule has 0 bridgehead atoms. The number of likely N-dealkylation sites (N-methyl/N-ethyl adjacent to an activating group) is 1. The summed E-state index contributed by atoms with van der Waals surface area (Å²) in [6.45, 7) is 7.24. The molecule has 1 aromatic carbocycles. The zero-order valence-electron chi connectivity index (χ0n) is 17.9. The molecule has 0 heterocycles. The number of benzene rings is 1. The average Bonchev–Trinajstić information content (AvgIpc) is 2.62. The number of ether oxygens (including phenoxy) is 2. The average molecular weight is 430 g/mol. The van der Waals surface area contributed by atoms with Crippen molar-refractivity contribution in [2.45, 2.75) is 26.4 Å². The van der Waals surface area contributed by atoms with Crippen molar-refractivity contribution in [1.29, 1.82) is 0 Å². The topological polar surface area (TPSA) is 91.3 Å². The molecule has 2 unspecified atom stereocenters. The first-order valence-electron chi connectivity index (χ1n) is 9.42. The van der Waals surface area contributed by atoms with Crippen molar-refractivity contribution in [3.63, 3.8) is 0 Å². The third-order valence-corrected chi connectivity index (χ3v) is 4.89. The van der Waals surface area contributed by atoms with Crippen LogP contribution in [0.5, 0.6) is 5.75 Å². The zero-order chi connectivity index (χ0) is 22.1. The molecular weight excluding hydrogens is 397 g/mol. The molecule has 0 amide bonds. The van der Waals surface area contributed by atoms with Gasteiger partial charge in [-0.05, 0) is 31.0 Å². The van der Waals surface area contributed by atoms with Crippen LogP contribution in [0, 0.1) is 0 Å². The summed E-state index contributed by atoms with van der Waals surface area (Å²) in [5.74, 6) is -0.0506. The van der Waals surface area contributed by atoms with E-state index in [2.05, 4.69) is 6.58 Å². The van der Waals surface area contributed by atoms with Crippen LogP contribution in [-0.4, -0.2) is 69.0 Å². The number of rotatable bonds is 13. The Morgan fingerprint density at radius 1 is 1.21 bits per heavy atom. The lowest BCUT2D eigenvalue weighted by molar-refractivity contribution is -0.870. The Balaban J connectivity index is 2.71. The number of aryl methyl sites for hydroxylation is 1. The minimum Gasteiger partial charge on any atom is -0.491 e. The number of quaternary nitrogens is 1. The Bertz CT molecular complexity index is 713. The maximum atomic E-state index is 12.3. The van der Waals surface area contributed by atoms with Gasteiger partial charge in [0.2, 0.25) is 0 Å². The van der Waals surface area contributed by atoms with Gasteiger partial charge in [0.1, 0.15) is 38.2 Å². The molecule has 0 aliphatic heterocycles. The third-order valence-electron chi connectivity index (χ3n) is 3.82. The maximum Gasteiger partial charge on any atom is 0.472 e. The molecule has 164 valence electrons. The highest BCUT2D eigenvalue weighted by atomic mass is 31.2. The minimum atomic E-state index is -4.36. The van der Waals surface area contributed by atoms with E-state index < -0.39 is 19.9 Å². The van der Waals surface area contributed by atoms with Crippen LogP contribution in [0.1, 0.15) is 19.4 Å². The molecule has 1 rings (SSSR count). The molecule has 0 aliphatic carbocycles. The largest absolute Gasteiger partial charge is 0.491 e. The van der Waals surface area contributed by atoms with Crippen LogP contribution < -0.4 is 4.74 Å². The van der Waals surface area contributed by atoms with Crippen LogP contribution in [-0.2, 0) is 29.6 Å². The number of phosphoric acid groups is 1. The van der Waals surface area contributed by atoms with Gasteiger partial charge in [-0.25, -0.2) is 9.36 Å². The number of hydrogen-bond acceptors (Lipinski definition) is 6. The quantitative estimate of drug-likeness (QED) is 0.223. The lowest BCUT2D eigenvalue weighted by Crippen LogP contribution is -2.37. The van der Waals surface area contributed by atoms with Crippen LogP contribution in [0.3, 0.4) is 0 Å². The highest BCUT2D eigenvalue weighted by Gasteiger charge is 2.29. The van der Waals surface area contributed by atoms with Crippen molar-refractivity contribution in [3.05, 3.63) is 42.0 Å². The van der Waals surface area contributed by atoms with E-state index >= 15 is 0 Å². The van der Waals surface area contributed by atoms with Crippen molar-refractivity contribution in [1.82, 2.24) is 0 Å². The highest BCUT2D eigenvalue weighted by molar-refractivity contribution is 7.47. The van der Waals surface area contributed by atoms with Crippen molar-refractivity contribution >= 4 is 13.8 Å². The van der Waals surface area contributed by atoms with Gasteiger partial charge >= 0.3 is 13.8 Å². The number of carbonyl (C=O) groups excluding carboxylic acids is 1. The van der Waals surface area contributed by atoms with Gasteiger partial charge in [0.25, 0.3) is 0 Å². The summed E-state index contributed by atoms with van der Waals surface area (Å²) in [6.07, 6.45) is -0.0922. The maximum absolute atomic E-state index is 12.3. The Labute approximate surface area is 173 Å². The molecule has 0 aromatic heterocycles.